The third-order valence-electron chi connectivity index (χ3n) is 5.79. The van der Waals surface area contributed by atoms with Gasteiger partial charge in [-0.25, -0.2) is 0 Å². The number of aromatic nitrogens is 2. The lowest BCUT2D eigenvalue weighted by atomic mass is 9.97. The molecular formula is C25H30N4O4S. The summed E-state index contributed by atoms with van der Waals surface area (Å²) in [5.74, 6) is 3.20. The SMILES string of the molecule is CCSc1ccccc1NC(=O)C1CCCN(Cc2nc(-c3ccc(OC)c(OC)c3)no2)C1. The van der Waals surface area contributed by atoms with Crippen LogP contribution in [-0.4, -0.2) is 54.0 Å². The lowest BCUT2D eigenvalue weighted by Gasteiger charge is -2.31. The van der Waals surface area contributed by atoms with E-state index in [-0.39, 0.29) is 11.8 Å². The summed E-state index contributed by atoms with van der Waals surface area (Å²) in [6, 6.07) is 13.5. The van der Waals surface area contributed by atoms with Crippen LogP contribution >= 0.6 is 11.8 Å². The van der Waals surface area contributed by atoms with Crippen LogP contribution in [0.3, 0.4) is 0 Å². The fourth-order valence-electron chi connectivity index (χ4n) is 4.10. The Bertz CT molecular complexity index is 1120. The summed E-state index contributed by atoms with van der Waals surface area (Å²) in [5.41, 5.74) is 1.67. The van der Waals surface area contributed by atoms with Gasteiger partial charge in [0.2, 0.25) is 17.6 Å². The van der Waals surface area contributed by atoms with Crippen molar-refractivity contribution in [3.05, 3.63) is 48.4 Å². The molecule has 1 fully saturated rings. The van der Waals surface area contributed by atoms with Crippen LogP contribution in [0.4, 0.5) is 5.69 Å². The molecule has 0 bridgehead atoms. The summed E-state index contributed by atoms with van der Waals surface area (Å²) >= 11 is 1.73. The van der Waals surface area contributed by atoms with Crippen molar-refractivity contribution in [1.82, 2.24) is 15.0 Å². The van der Waals surface area contributed by atoms with Gasteiger partial charge in [-0.05, 0) is 55.5 Å². The number of nitrogens with zero attached hydrogens (tertiary/aromatic N) is 3. The van der Waals surface area contributed by atoms with Crippen molar-refractivity contribution in [3.63, 3.8) is 0 Å². The minimum Gasteiger partial charge on any atom is -0.493 e. The molecule has 1 aliphatic heterocycles. The Kier molecular flexibility index (Phi) is 8.08. The minimum absolute atomic E-state index is 0.0606. The van der Waals surface area contributed by atoms with Crippen molar-refractivity contribution >= 4 is 23.4 Å². The van der Waals surface area contributed by atoms with E-state index >= 15 is 0 Å². The monoisotopic (exact) mass is 482 g/mol. The smallest absolute Gasteiger partial charge is 0.241 e. The zero-order chi connectivity index (χ0) is 23.9. The van der Waals surface area contributed by atoms with E-state index in [1.165, 1.54) is 0 Å². The zero-order valence-corrected chi connectivity index (χ0v) is 20.6. The first-order valence-electron chi connectivity index (χ1n) is 11.4. The number of anilines is 1. The molecule has 34 heavy (non-hydrogen) atoms. The van der Waals surface area contributed by atoms with Crippen LogP contribution in [0.25, 0.3) is 11.4 Å². The molecule has 4 rings (SSSR count). The van der Waals surface area contributed by atoms with Gasteiger partial charge < -0.3 is 19.3 Å². The normalized spacial score (nSPS) is 16.3. The maximum absolute atomic E-state index is 13.0. The average Bonchev–Trinajstić information content (AvgIpc) is 3.33. The summed E-state index contributed by atoms with van der Waals surface area (Å²) in [7, 11) is 3.19. The number of methoxy groups -OCH3 is 2. The molecule has 1 unspecified atom stereocenters. The number of para-hydroxylation sites is 1. The van der Waals surface area contributed by atoms with E-state index in [1.54, 1.807) is 26.0 Å². The molecule has 1 atom stereocenters. The highest BCUT2D eigenvalue weighted by atomic mass is 32.2. The Morgan fingerprint density at radius 2 is 2.03 bits per heavy atom. The van der Waals surface area contributed by atoms with Crippen LogP contribution in [0.1, 0.15) is 25.7 Å². The second kappa shape index (κ2) is 11.4. The van der Waals surface area contributed by atoms with E-state index in [2.05, 4.69) is 27.3 Å². The van der Waals surface area contributed by atoms with Crippen LogP contribution in [0, 0.1) is 5.92 Å². The van der Waals surface area contributed by atoms with Crippen molar-refractivity contribution in [3.8, 4) is 22.9 Å². The van der Waals surface area contributed by atoms with Crippen molar-refractivity contribution in [1.29, 1.82) is 0 Å². The molecule has 2 heterocycles. The zero-order valence-electron chi connectivity index (χ0n) is 19.7. The number of carbonyl (C=O) groups excluding carboxylic acids is 1. The first-order chi connectivity index (χ1) is 16.6. The Labute approximate surface area is 204 Å². The Morgan fingerprint density at radius 1 is 1.21 bits per heavy atom. The molecule has 8 nitrogen and oxygen atoms in total. The molecule has 180 valence electrons. The van der Waals surface area contributed by atoms with E-state index < -0.39 is 0 Å². The van der Waals surface area contributed by atoms with Crippen LogP contribution < -0.4 is 14.8 Å². The Balaban J connectivity index is 1.38. The molecule has 1 amide bonds. The van der Waals surface area contributed by atoms with Crippen LogP contribution in [0.5, 0.6) is 11.5 Å². The predicted octanol–water partition coefficient (Wildman–Crippen LogP) is 4.72. The van der Waals surface area contributed by atoms with Gasteiger partial charge in [0.05, 0.1) is 32.4 Å². The van der Waals surface area contributed by atoms with Gasteiger partial charge in [-0.3, -0.25) is 9.69 Å². The van der Waals surface area contributed by atoms with Gasteiger partial charge in [0.15, 0.2) is 11.5 Å². The highest BCUT2D eigenvalue weighted by Gasteiger charge is 2.27. The number of piperidine rings is 1. The summed E-state index contributed by atoms with van der Waals surface area (Å²) in [4.78, 5) is 20.9. The first-order valence-corrected chi connectivity index (χ1v) is 12.4. The van der Waals surface area contributed by atoms with Crippen molar-refractivity contribution in [2.75, 3.05) is 38.4 Å². The number of hydrogen-bond donors (Lipinski definition) is 1. The third-order valence-corrected chi connectivity index (χ3v) is 6.75. The number of likely N-dealkylation sites (tertiary alicyclic amines) is 1. The lowest BCUT2D eigenvalue weighted by molar-refractivity contribution is -0.121. The molecule has 1 aliphatic rings. The van der Waals surface area contributed by atoms with Gasteiger partial charge in [-0.15, -0.1) is 11.8 Å². The molecule has 9 heteroatoms. The third kappa shape index (κ3) is 5.71. The molecular weight excluding hydrogens is 452 g/mol. The molecule has 0 aliphatic carbocycles. The maximum Gasteiger partial charge on any atom is 0.241 e. The number of benzene rings is 2. The highest BCUT2D eigenvalue weighted by Crippen LogP contribution is 2.31. The topological polar surface area (TPSA) is 89.7 Å². The molecule has 1 saturated heterocycles. The summed E-state index contributed by atoms with van der Waals surface area (Å²) in [6.07, 6.45) is 1.81. The molecule has 0 radical (unpaired) electrons. The van der Waals surface area contributed by atoms with Crippen molar-refractivity contribution < 1.29 is 18.8 Å². The number of rotatable bonds is 9. The fourth-order valence-corrected chi connectivity index (χ4v) is 4.86. The number of amides is 1. The van der Waals surface area contributed by atoms with Gasteiger partial charge in [0.25, 0.3) is 0 Å². The van der Waals surface area contributed by atoms with Gasteiger partial charge in [-0.1, -0.05) is 24.2 Å². The molecule has 2 aromatic carbocycles. The van der Waals surface area contributed by atoms with Crippen LogP contribution in [0.2, 0.25) is 0 Å². The second-order valence-electron chi connectivity index (χ2n) is 8.07. The van der Waals surface area contributed by atoms with E-state index in [1.807, 2.05) is 42.5 Å². The number of hydrogen-bond acceptors (Lipinski definition) is 8. The van der Waals surface area contributed by atoms with Gasteiger partial charge in [0, 0.05) is 17.0 Å². The number of thioether (sulfide) groups is 1. The largest absolute Gasteiger partial charge is 0.493 e. The predicted molar refractivity (Wildman–Crippen MR) is 132 cm³/mol. The maximum atomic E-state index is 13.0. The number of nitrogens with one attached hydrogen (secondary N) is 1. The van der Waals surface area contributed by atoms with Gasteiger partial charge >= 0.3 is 0 Å². The summed E-state index contributed by atoms with van der Waals surface area (Å²) < 4.78 is 16.2. The van der Waals surface area contributed by atoms with Crippen LogP contribution in [0.15, 0.2) is 51.9 Å². The fraction of sp³-hybridized carbons (Fsp3) is 0.400. The molecule has 1 N–H and O–H groups in total. The first kappa shape index (κ1) is 24.1. The Hall–Kier alpha value is -3.04. The van der Waals surface area contributed by atoms with Crippen molar-refractivity contribution in [2.45, 2.75) is 31.2 Å². The van der Waals surface area contributed by atoms with E-state index in [4.69, 9.17) is 14.0 Å². The summed E-state index contributed by atoms with van der Waals surface area (Å²) in [5, 5.41) is 7.26. The lowest BCUT2D eigenvalue weighted by Crippen LogP contribution is -2.40. The molecule has 0 saturated carbocycles. The molecule has 3 aromatic rings. The highest BCUT2D eigenvalue weighted by molar-refractivity contribution is 7.99. The quantitative estimate of drug-likeness (QED) is 0.439. The van der Waals surface area contributed by atoms with Crippen LogP contribution in [-0.2, 0) is 11.3 Å². The Morgan fingerprint density at radius 3 is 2.82 bits per heavy atom. The average molecular weight is 483 g/mol. The van der Waals surface area contributed by atoms with Gasteiger partial charge in [-0.2, -0.15) is 4.98 Å². The number of ether oxygens (including phenoxy) is 2. The van der Waals surface area contributed by atoms with E-state index in [0.717, 1.165) is 41.3 Å². The number of carbonyl (C=O) groups is 1. The molecule has 1 aromatic heterocycles. The minimum atomic E-state index is -0.0818. The second-order valence-corrected chi connectivity index (χ2v) is 9.38. The van der Waals surface area contributed by atoms with Gasteiger partial charge in [0.1, 0.15) is 0 Å². The van der Waals surface area contributed by atoms with Crippen molar-refractivity contribution in [2.24, 2.45) is 5.92 Å². The summed E-state index contributed by atoms with van der Waals surface area (Å²) in [6.45, 7) is 4.16. The standard InChI is InChI=1S/C25H30N4O4S/c1-4-34-22-10-6-5-9-19(22)26-25(30)18-8-7-13-29(15-18)16-23-27-24(28-33-23)17-11-12-20(31-2)21(14-17)32-3/h5-6,9-12,14,18H,4,7-8,13,15-16H2,1-3H3,(H,26,30). The van der Waals surface area contributed by atoms with E-state index in [9.17, 15) is 4.79 Å². The van der Waals surface area contributed by atoms with E-state index in [0.29, 0.717) is 36.3 Å². The molecule has 0 spiro atoms.